The summed E-state index contributed by atoms with van der Waals surface area (Å²) in [4.78, 5) is 33.2. The van der Waals surface area contributed by atoms with Crippen molar-refractivity contribution in [3.8, 4) is 11.4 Å². The van der Waals surface area contributed by atoms with Crippen molar-refractivity contribution >= 4 is 28.5 Å². The SMILES string of the molecule is O=C(Nc1ccc(F)cc1)c1ccc2nc(-c3ccc(C(=O)NC4CCCCCC4)cc3)[nH]c2c1. The van der Waals surface area contributed by atoms with E-state index in [0.29, 0.717) is 22.6 Å². The van der Waals surface area contributed by atoms with Gasteiger partial charge in [-0.05, 0) is 67.4 Å². The summed E-state index contributed by atoms with van der Waals surface area (Å²) in [5, 5.41) is 5.93. The molecule has 35 heavy (non-hydrogen) atoms. The number of H-pyrrole nitrogens is 1. The number of imidazole rings is 1. The number of nitrogens with one attached hydrogen (secondary N) is 3. The Balaban J connectivity index is 1.28. The molecule has 2 amide bonds. The van der Waals surface area contributed by atoms with E-state index in [1.54, 1.807) is 18.2 Å². The second kappa shape index (κ2) is 10.1. The van der Waals surface area contributed by atoms with Gasteiger partial charge in [-0.2, -0.15) is 0 Å². The van der Waals surface area contributed by atoms with Gasteiger partial charge >= 0.3 is 0 Å². The number of fused-ring (bicyclic) bond motifs is 1. The number of amides is 2. The molecule has 0 saturated heterocycles. The lowest BCUT2D eigenvalue weighted by Gasteiger charge is -2.16. The van der Waals surface area contributed by atoms with Crippen molar-refractivity contribution in [2.75, 3.05) is 5.32 Å². The Morgan fingerprint density at radius 1 is 0.829 bits per heavy atom. The van der Waals surface area contributed by atoms with Crippen LogP contribution in [0.25, 0.3) is 22.4 Å². The largest absolute Gasteiger partial charge is 0.349 e. The second-order valence-corrected chi connectivity index (χ2v) is 9.02. The quantitative estimate of drug-likeness (QED) is 0.309. The normalized spacial score (nSPS) is 14.4. The fraction of sp³-hybridized carbons (Fsp3) is 0.250. The maximum Gasteiger partial charge on any atom is 0.255 e. The van der Waals surface area contributed by atoms with Crippen LogP contribution in [-0.4, -0.2) is 27.8 Å². The molecule has 7 heteroatoms. The van der Waals surface area contributed by atoms with Gasteiger partial charge in [-0.3, -0.25) is 9.59 Å². The molecule has 0 radical (unpaired) electrons. The maximum absolute atomic E-state index is 13.1. The highest BCUT2D eigenvalue weighted by Gasteiger charge is 2.16. The Kier molecular flexibility index (Phi) is 6.57. The molecular formula is C28H27FN4O2. The van der Waals surface area contributed by atoms with Crippen molar-refractivity contribution in [3.63, 3.8) is 0 Å². The molecule has 3 aromatic carbocycles. The number of nitrogens with zero attached hydrogens (tertiary/aromatic N) is 1. The van der Waals surface area contributed by atoms with E-state index in [1.807, 2.05) is 24.3 Å². The molecular weight excluding hydrogens is 443 g/mol. The van der Waals surface area contributed by atoms with Gasteiger partial charge in [0.2, 0.25) is 0 Å². The monoisotopic (exact) mass is 470 g/mol. The lowest BCUT2D eigenvalue weighted by Crippen LogP contribution is -2.34. The van der Waals surface area contributed by atoms with E-state index >= 15 is 0 Å². The Morgan fingerprint density at radius 2 is 1.51 bits per heavy atom. The number of halogens is 1. The van der Waals surface area contributed by atoms with Crippen molar-refractivity contribution in [1.82, 2.24) is 15.3 Å². The smallest absolute Gasteiger partial charge is 0.255 e. The van der Waals surface area contributed by atoms with E-state index in [1.165, 1.54) is 49.9 Å². The highest BCUT2D eigenvalue weighted by molar-refractivity contribution is 6.06. The molecule has 4 aromatic rings. The number of aromatic nitrogens is 2. The second-order valence-electron chi connectivity index (χ2n) is 9.02. The summed E-state index contributed by atoms with van der Waals surface area (Å²) in [5.74, 6) is -0.0296. The van der Waals surface area contributed by atoms with Crippen LogP contribution in [0.3, 0.4) is 0 Å². The fourth-order valence-corrected chi connectivity index (χ4v) is 4.50. The third-order valence-electron chi connectivity index (χ3n) is 6.46. The molecule has 1 fully saturated rings. The molecule has 0 aliphatic heterocycles. The molecule has 1 aliphatic carbocycles. The molecule has 1 saturated carbocycles. The molecule has 0 atom stereocenters. The van der Waals surface area contributed by atoms with Crippen LogP contribution in [0.5, 0.6) is 0 Å². The summed E-state index contributed by atoms with van der Waals surface area (Å²) in [5.41, 5.74) is 3.92. The molecule has 0 spiro atoms. The molecule has 5 rings (SSSR count). The zero-order valence-corrected chi connectivity index (χ0v) is 19.3. The van der Waals surface area contributed by atoms with Gasteiger partial charge in [0.25, 0.3) is 11.8 Å². The standard InChI is InChI=1S/C28H27FN4O2/c29-21-12-14-23(15-13-21)31-28(35)20-11-16-24-25(17-20)33-26(32-24)18-7-9-19(10-8-18)27(34)30-22-5-3-1-2-4-6-22/h7-17,22H,1-6H2,(H,30,34)(H,31,35)(H,32,33). The maximum atomic E-state index is 13.1. The van der Waals surface area contributed by atoms with Crippen molar-refractivity contribution in [1.29, 1.82) is 0 Å². The first-order chi connectivity index (χ1) is 17.0. The lowest BCUT2D eigenvalue weighted by molar-refractivity contribution is 0.0932. The number of rotatable bonds is 5. The molecule has 1 aromatic heterocycles. The van der Waals surface area contributed by atoms with E-state index in [2.05, 4.69) is 20.6 Å². The molecule has 3 N–H and O–H groups in total. The van der Waals surface area contributed by atoms with E-state index in [-0.39, 0.29) is 23.7 Å². The van der Waals surface area contributed by atoms with Crippen LogP contribution < -0.4 is 10.6 Å². The zero-order valence-electron chi connectivity index (χ0n) is 19.3. The van der Waals surface area contributed by atoms with Crippen LogP contribution >= 0.6 is 0 Å². The molecule has 0 bridgehead atoms. The Hall–Kier alpha value is -4.00. The average molecular weight is 471 g/mol. The van der Waals surface area contributed by atoms with Crippen molar-refractivity contribution in [2.45, 2.75) is 44.6 Å². The molecule has 178 valence electrons. The van der Waals surface area contributed by atoms with Crippen LogP contribution in [0, 0.1) is 5.82 Å². The third-order valence-corrected chi connectivity index (χ3v) is 6.46. The van der Waals surface area contributed by atoms with Crippen molar-refractivity contribution in [2.24, 2.45) is 0 Å². The van der Waals surface area contributed by atoms with E-state index < -0.39 is 0 Å². The zero-order chi connectivity index (χ0) is 24.2. The highest BCUT2D eigenvalue weighted by atomic mass is 19.1. The van der Waals surface area contributed by atoms with Gasteiger partial charge < -0.3 is 15.6 Å². The predicted octanol–water partition coefficient (Wildman–Crippen LogP) is 6.07. The predicted molar refractivity (Wildman–Crippen MR) is 135 cm³/mol. The minimum atomic E-state index is -0.359. The van der Waals surface area contributed by atoms with E-state index in [9.17, 15) is 14.0 Å². The van der Waals surface area contributed by atoms with Gasteiger partial charge in [0.15, 0.2) is 0 Å². The van der Waals surface area contributed by atoms with Gasteiger partial charge in [0.1, 0.15) is 11.6 Å². The summed E-state index contributed by atoms with van der Waals surface area (Å²) in [6.45, 7) is 0. The number of hydrogen-bond acceptors (Lipinski definition) is 3. The Bertz CT molecular complexity index is 1340. The summed E-state index contributed by atoms with van der Waals surface area (Å²) in [6, 6.07) is 18.5. The molecule has 6 nitrogen and oxygen atoms in total. The minimum Gasteiger partial charge on any atom is -0.349 e. The molecule has 1 heterocycles. The summed E-state index contributed by atoms with van der Waals surface area (Å²) < 4.78 is 13.1. The van der Waals surface area contributed by atoms with Crippen LogP contribution in [0.15, 0.2) is 66.7 Å². The number of carbonyl (C=O) groups excluding carboxylic acids is 2. The number of carbonyl (C=O) groups is 2. The van der Waals surface area contributed by atoms with Crippen molar-refractivity contribution in [3.05, 3.63) is 83.7 Å². The van der Waals surface area contributed by atoms with Crippen LogP contribution in [-0.2, 0) is 0 Å². The first kappa shape index (κ1) is 22.8. The summed E-state index contributed by atoms with van der Waals surface area (Å²) >= 11 is 0. The van der Waals surface area contributed by atoms with Crippen molar-refractivity contribution < 1.29 is 14.0 Å². The average Bonchev–Trinajstić information content (AvgIpc) is 3.14. The van der Waals surface area contributed by atoms with Crippen LogP contribution in [0.2, 0.25) is 0 Å². The fourth-order valence-electron chi connectivity index (χ4n) is 4.50. The minimum absolute atomic E-state index is 0.0372. The topological polar surface area (TPSA) is 86.9 Å². The van der Waals surface area contributed by atoms with Gasteiger partial charge in [-0.15, -0.1) is 0 Å². The third kappa shape index (κ3) is 5.40. The van der Waals surface area contributed by atoms with E-state index in [0.717, 1.165) is 29.4 Å². The number of hydrogen-bond donors (Lipinski definition) is 3. The number of benzene rings is 3. The van der Waals surface area contributed by atoms with Gasteiger partial charge in [-0.1, -0.05) is 37.8 Å². The highest BCUT2D eigenvalue weighted by Crippen LogP contribution is 2.23. The summed E-state index contributed by atoms with van der Waals surface area (Å²) in [7, 11) is 0. The van der Waals surface area contributed by atoms with Crippen LogP contribution in [0.1, 0.15) is 59.2 Å². The summed E-state index contributed by atoms with van der Waals surface area (Å²) in [6.07, 6.45) is 6.94. The Morgan fingerprint density at radius 3 is 2.23 bits per heavy atom. The first-order valence-corrected chi connectivity index (χ1v) is 12.0. The number of anilines is 1. The molecule has 0 unspecified atom stereocenters. The molecule has 1 aliphatic rings. The van der Waals surface area contributed by atoms with Gasteiger partial charge in [0.05, 0.1) is 11.0 Å². The lowest BCUT2D eigenvalue weighted by atomic mass is 10.1. The van der Waals surface area contributed by atoms with E-state index in [4.69, 9.17) is 0 Å². The number of aromatic amines is 1. The van der Waals surface area contributed by atoms with Gasteiger partial charge in [-0.25, -0.2) is 9.37 Å². The first-order valence-electron chi connectivity index (χ1n) is 12.0. The van der Waals surface area contributed by atoms with Gasteiger partial charge in [0, 0.05) is 28.4 Å². The van der Waals surface area contributed by atoms with Crippen LogP contribution in [0.4, 0.5) is 10.1 Å². The Labute approximate surface area is 203 Å².